The smallest absolute Gasteiger partial charge is 0.171 e. The largest absolute Gasteiger partial charge is 0.362 e. The highest BCUT2D eigenvalue weighted by atomic mass is 79.9. The lowest BCUT2D eigenvalue weighted by molar-refractivity contribution is 0.570. The summed E-state index contributed by atoms with van der Waals surface area (Å²) >= 11 is 8.82. The molecule has 0 aliphatic heterocycles. The number of halogens is 1. The van der Waals surface area contributed by atoms with Crippen LogP contribution in [0.15, 0.2) is 47.2 Å². The van der Waals surface area contributed by atoms with Crippen molar-refractivity contribution in [3.05, 3.63) is 64.0 Å². The van der Waals surface area contributed by atoms with Gasteiger partial charge in [0.15, 0.2) is 10.9 Å². The zero-order valence-electron chi connectivity index (χ0n) is 15.4. The number of nitrogens with one attached hydrogen (secondary N) is 2. The van der Waals surface area contributed by atoms with Gasteiger partial charge in [0.1, 0.15) is 0 Å². The van der Waals surface area contributed by atoms with Gasteiger partial charge in [0.25, 0.3) is 0 Å². The van der Waals surface area contributed by atoms with Crippen molar-refractivity contribution in [1.82, 2.24) is 24.9 Å². The lowest BCUT2D eigenvalue weighted by Gasteiger charge is -2.09. The van der Waals surface area contributed by atoms with Crippen LogP contribution in [0, 0.1) is 13.8 Å². The molecule has 2 N–H and O–H groups in total. The molecule has 2 heterocycles. The zero-order chi connectivity index (χ0) is 19.2. The van der Waals surface area contributed by atoms with Crippen LogP contribution in [-0.2, 0) is 13.1 Å². The lowest BCUT2D eigenvalue weighted by Crippen LogP contribution is -2.30. The summed E-state index contributed by atoms with van der Waals surface area (Å²) < 4.78 is 4.88. The maximum atomic E-state index is 5.35. The van der Waals surface area contributed by atoms with Gasteiger partial charge < -0.3 is 10.6 Å². The Kier molecular flexibility index (Phi) is 6.63. The van der Waals surface area contributed by atoms with Gasteiger partial charge in [-0.2, -0.15) is 10.2 Å². The number of aryl methyl sites for hydroxylation is 3. The molecule has 0 radical (unpaired) electrons. The molecule has 0 amide bonds. The van der Waals surface area contributed by atoms with Gasteiger partial charge in [-0.05, 0) is 59.5 Å². The van der Waals surface area contributed by atoms with Crippen molar-refractivity contribution >= 4 is 39.1 Å². The second-order valence-electron chi connectivity index (χ2n) is 6.39. The lowest BCUT2D eigenvalue weighted by atomic mass is 10.1. The molecule has 6 nitrogen and oxygen atoms in total. The molecule has 1 aromatic carbocycles. The van der Waals surface area contributed by atoms with Crippen LogP contribution in [0.5, 0.6) is 0 Å². The second-order valence-corrected chi connectivity index (χ2v) is 7.65. The van der Waals surface area contributed by atoms with Gasteiger partial charge in [0.05, 0.1) is 16.7 Å². The number of benzene rings is 1. The third-order valence-corrected chi connectivity index (χ3v) is 5.24. The van der Waals surface area contributed by atoms with E-state index in [1.807, 2.05) is 46.9 Å². The minimum absolute atomic E-state index is 0.578. The van der Waals surface area contributed by atoms with Gasteiger partial charge in [0.2, 0.25) is 0 Å². The van der Waals surface area contributed by atoms with Gasteiger partial charge in [-0.1, -0.05) is 24.3 Å². The summed E-state index contributed by atoms with van der Waals surface area (Å²) in [5.41, 5.74) is 3.52. The first-order valence-electron chi connectivity index (χ1n) is 8.83. The van der Waals surface area contributed by atoms with Gasteiger partial charge in [-0.3, -0.25) is 9.36 Å². The molecule has 0 saturated carbocycles. The SMILES string of the molecule is Cc1ccccc1Cn1ccc(NC(=S)NCCCn2cc(Br)c(C)n2)n1. The molecule has 27 heavy (non-hydrogen) atoms. The predicted octanol–water partition coefficient (Wildman–Crippen LogP) is 3.88. The van der Waals surface area contributed by atoms with Crippen molar-refractivity contribution in [2.24, 2.45) is 0 Å². The molecular weight excluding hydrogens is 424 g/mol. The van der Waals surface area contributed by atoms with E-state index in [4.69, 9.17) is 12.2 Å². The van der Waals surface area contributed by atoms with Crippen molar-refractivity contribution in [3.8, 4) is 0 Å². The van der Waals surface area contributed by atoms with Crippen LogP contribution in [0.3, 0.4) is 0 Å². The molecule has 0 fully saturated rings. The molecule has 0 spiro atoms. The van der Waals surface area contributed by atoms with Crippen LogP contribution in [0.2, 0.25) is 0 Å². The number of anilines is 1. The van der Waals surface area contributed by atoms with Gasteiger partial charge in [-0.15, -0.1) is 0 Å². The number of hydrogen-bond donors (Lipinski definition) is 2. The highest BCUT2D eigenvalue weighted by molar-refractivity contribution is 9.10. The van der Waals surface area contributed by atoms with Crippen LogP contribution < -0.4 is 10.6 Å². The Labute approximate surface area is 173 Å². The summed E-state index contributed by atoms with van der Waals surface area (Å²) in [4.78, 5) is 0. The monoisotopic (exact) mass is 446 g/mol. The van der Waals surface area contributed by atoms with E-state index in [0.717, 1.165) is 42.0 Å². The number of rotatable bonds is 7. The topological polar surface area (TPSA) is 59.7 Å². The minimum atomic E-state index is 0.578. The number of nitrogens with zero attached hydrogens (tertiary/aromatic N) is 4. The van der Waals surface area contributed by atoms with Crippen molar-refractivity contribution in [2.75, 3.05) is 11.9 Å². The van der Waals surface area contributed by atoms with Crippen LogP contribution in [-0.4, -0.2) is 31.2 Å². The van der Waals surface area contributed by atoms with E-state index in [2.05, 4.69) is 55.8 Å². The van der Waals surface area contributed by atoms with Crippen LogP contribution in [0.25, 0.3) is 0 Å². The average Bonchev–Trinajstić information content (AvgIpc) is 3.20. The molecule has 0 unspecified atom stereocenters. The average molecular weight is 447 g/mol. The molecule has 0 aliphatic rings. The summed E-state index contributed by atoms with van der Waals surface area (Å²) in [6.07, 6.45) is 4.87. The molecule has 3 aromatic rings. The molecule has 0 saturated heterocycles. The summed E-state index contributed by atoms with van der Waals surface area (Å²) in [6.45, 7) is 6.45. The van der Waals surface area contributed by atoms with Crippen LogP contribution >= 0.6 is 28.1 Å². The Hall–Kier alpha value is -2.19. The summed E-state index contributed by atoms with van der Waals surface area (Å²) in [6, 6.07) is 10.3. The first-order chi connectivity index (χ1) is 13.0. The Morgan fingerprint density at radius 2 is 1.96 bits per heavy atom. The molecule has 0 atom stereocenters. The van der Waals surface area contributed by atoms with E-state index in [1.54, 1.807) is 0 Å². The molecule has 142 valence electrons. The molecule has 0 aliphatic carbocycles. The van der Waals surface area contributed by atoms with Crippen molar-refractivity contribution in [3.63, 3.8) is 0 Å². The maximum Gasteiger partial charge on any atom is 0.171 e. The fraction of sp³-hybridized carbons (Fsp3) is 0.316. The molecule has 0 bridgehead atoms. The van der Waals surface area contributed by atoms with Gasteiger partial charge >= 0.3 is 0 Å². The standard InChI is InChI=1S/C19H23BrN6S/c1-14-6-3-4-7-16(14)12-26-11-8-18(24-26)22-19(27)21-9-5-10-25-13-17(20)15(2)23-25/h3-4,6-8,11,13H,5,9-10,12H2,1-2H3,(H2,21,22,24,27). The van der Waals surface area contributed by atoms with E-state index in [0.29, 0.717) is 5.11 Å². The summed E-state index contributed by atoms with van der Waals surface area (Å²) in [5.74, 6) is 0.743. The van der Waals surface area contributed by atoms with E-state index >= 15 is 0 Å². The fourth-order valence-electron chi connectivity index (χ4n) is 2.69. The Morgan fingerprint density at radius 1 is 1.15 bits per heavy atom. The van der Waals surface area contributed by atoms with Crippen molar-refractivity contribution in [2.45, 2.75) is 33.4 Å². The highest BCUT2D eigenvalue weighted by Crippen LogP contribution is 2.13. The van der Waals surface area contributed by atoms with E-state index in [9.17, 15) is 0 Å². The quantitative estimate of drug-likeness (QED) is 0.425. The Morgan fingerprint density at radius 3 is 2.70 bits per heavy atom. The Bertz CT molecular complexity index is 897. The predicted molar refractivity (Wildman–Crippen MR) is 116 cm³/mol. The minimum Gasteiger partial charge on any atom is -0.362 e. The molecular formula is C19H23BrN6S. The van der Waals surface area contributed by atoms with E-state index in [1.165, 1.54) is 11.1 Å². The number of hydrogen-bond acceptors (Lipinski definition) is 3. The van der Waals surface area contributed by atoms with E-state index in [-0.39, 0.29) is 0 Å². The fourth-order valence-corrected chi connectivity index (χ4v) is 3.21. The third-order valence-electron chi connectivity index (χ3n) is 4.21. The molecule has 2 aromatic heterocycles. The van der Waals surface area contributed by atoms with Gasteiger partial charge in [0, 0.05) is 31.5 Å². The van der Waals surface area contributed by atoms with Crippen molar-refractivity contribution in [1.29, 1.82) is 0 Å². The van der Waals surface area contributed by atoms with Crippen molar-refractivity contribution < 1.29 is 0 Å². The Balaban J connectivity index is 1.42. The van der Waals surface area contributed by atoms with Gasteiger partial charge in [-0.25, -0.2) is 0 Å². The summed E-state index contributed by atoms with van der Waals surface area (Å²) in [5, 5.41) is 15.9. The first-order valence-corrected chi connectivity index (χ1v) is 10.0. The molecule has 8 heteroatoms. The number of aromatic nitrogens is 4. The third kappa shape index (κ3) is 5.64. The number of thiocarbonyl (C=S) groups is 1. The van der Waals surface area contributed by atoms with Crippen LogP contribution in [0.4, 0.5) is 5.82 Å². The van der Waals surface area contributed by atoms with Crippen LogP contribution in [0.1, 0.15) is 23.2 Å². The second kappa shape index (κ2) is 9.14. The maximum absolute atomic E-state index is 5.35. The zero-order valence-corrected chi connectivity index (χ0v) is 17.8. The normalized spacial score (nSPS) is 10.8. The first kappa shape index (κ1) is 19.6. The molecule has 3 rings (SSSR count). The van der Waals surface area contributed by atoms with E-state index < -0.39 is 0 Å². The highest BCUT2D eigenvalue weighted by Gasteiger charge is 2.04. The summed E-state index contributed by atoms with van der Waals surface area (Å²) in [7, 11) is 0.